The Kier molecular flexibility index (Phi) is 4.59. The summed E-state index contributed by atoms with van der Waals surface area (Å²) in [7, 11) is 0. The maximum absolute atomic E-state index is 12.6. The smallest absolute Gasteiger partial charge is 0.210 e. The second-order valence-electron chi connectivity index (χ2n) is 6.76. The zero-order valence-corrected chi connectivity index (χ0v) is 15.4. The number of nitrogens with zero attached hydrogens (tertiary/aromatic N) is 2. The van der Waals surface area contributed by atoms with E-state index in [-0.39, 0.29) is 5.43 Å². The summed E-state index contributed by atoms with van der Waals surface area (Å²) >= 11 is 0. The number of aryl methyl sites for hydroxylation is 1. The SMILES string of the molecule is [CH2]Cc1cn(Cc2ccccc2-c2ccccc2)c2cc(C)cnc2c1=O. The molecular formula is C24H21N2O. The number of aromatic nitrogens is 2. The molecule has 0 saturated heterocycles. The molecule has 0 saturated carbocycles. The molecule has 0 aliphatic rings. The van der Waals surface area contributed by atoms with Gasteiger partial charge in [-0.1, -0.05) is 54.6 Å². The summed E-state index contributed by atoms with van der Waals surface area (Å²) in [6.07, 6.45) is 4.13. The highest BCUT2D eigenvalue weighted by Crippen LogP contribution is 2.25. The standard InChI is InChI=1S/C24H21N2O/c1-3-18-15-26(22-13-17(2)14-25-23(22)24(18)27)16-20-11-7-8-12-21(20)19-9-5-4-6-10-19/h4-15H,1,3,16H2,2H3. The Morgan fingerprint density at radius 3 is 2.52 bits per heavy atom. The summed E-state index contributed by atoms with van der Waals surface area (Å²) < 4.78 is 2.12. The van der Waals surface area contributed by atoms with E-state index in [1.807, 2.05) is 25.3 Å². The van der Waals surface area contributed by atoms with Crippen LogP contribution in [0.4, 0.5) is 0 Å². The van der Waals surface area contributed by atoms with Crippen molar-refractivity contribution in [2.45, 2.75) is 19.9 Å². The minimum atomic E-state index is -0.0207. The molecule has 0 N–H and O–H groups in total. The van der Waals surface area contributed by atoms with Crippen LogP contribution in [0.1, 0.15) is 16.7 Å². The van der Waals surface area contributed by atoms with Crippen LogP contribution in [0.3, 0.4) is 0 Å². The average Bonchev–Trinajstić information content (AvgIpc) is 2.71. The van der Waals surface area contributed by atoms with Crippen LogP contribution in [-0.2, 0) is 13.0 Å². The maximum atomic E-state index is 12.6. The van der Waals surface area contributed by atoms with Gasteiger partial charge in [0.05, 0.1) is 5.52 Å². The van der Waals surface area contributed by atoms with Crippen molar-refractivity contribution in [3.8, 4) is 11.1 Å². The van der Waals surface area contributed by atoms with Gasteiger partial charge in [0, 0.05) is 24.5 Å². The quantitative estimate of drug-likeness (QED) is 0.528. The van der Waals surface area contributed by atoms with Crippen molar-refractivity contribution in [1.82, 2.24) is 9.55 Å². The molecule has 0 bridgehead atoms. The van der Waals surface area contributed by atoms with Gasteiger partial charge in [-0.25, -0.2) is 0 Å². The molecule has 3 heteroatoms. The molecule has 133 valence electrons. The first kappa shape index (κ1) is 17.2. The van der Waals surface area contributed by atoms with E-state index in [1.165, 1.54) is 16.7 Å². The Hall–Kier alpha value is -3.20. The van der Waals surface area contributed by atoms with Crippen LogP contribution in [-0.4, -0.2) is 9.55 Å². The lowest BCUT2D eigenvalue weighted by atomic mass is 9.99. The van der Waals surface area contributed by atoms with Crippen LogP contribution in [0.2, 0.25) is 0 Å². The predicted molar refractivity (Wildman–Crippen MR) is 111 cm³/mol. The number of rotatable bonds is 4. The van der Waals surface area contributed by atoms with Crippen LogP contribution >= 0.6 is 0 Å². The first-order valence-corrected chi connectivity index (χ1v) is 9.08. The topological polar surface area (TPSA) is 34.9 Å². The van der Waals surface area contributed by atoms with Gasteiger partial charge in [0.1, 0.15) is 5.52 Å². The summed E-state index contributed by atoms with van der Waals surface area (Å²) in [5, 5.41) is 0. The summed E-state index contributed by atoms with van der Waals surface area (Å²) in [6.45, 7) is 6.57. The van der Waals surface area contributed by atoms with Gasteiger partial charge in [-0.05, 0) is 48.6 Å². The van der Waals surface area contributed by atoms with E-state index in [4.69, 9.17) is 0 Å². The van der Waals surface area contributed by atoms with E-state index in [0.29, 0.717) is 24.0 Å². The third kappa shape index (κ3) is 3.28. The number of fused-ring (bicyclic) bond motifs is 1. The zero-order chi connectivity index (χ0) is 18.8. The molecule has 0 spiro atoms. The van der Waals surface area contributed by atoms with Gasteiger partial charge < -0.3 is 4.57 Å². The van der Waals surface area contributed by atoms with Crippen molar-refractivity contribution in [3.05, 3.63) is 107 Å². The fourth-order valence-corrected chi connectivity index (χ4v) is 3.47. The molecule has 3 nitrogen and oxygen atoms in total. The Bertz CT molecular complexity index is 1160. The molecule has 0 fully saturated rings. The normalized spacial score (nSPS) is 11.0. The Balaban J connectivity index is 1.89. The van der Waals surface area contributed by atoms with E-state index in [9.17, 15) is 4.79 Å². The van der Waals surface area contributed by atoms with Crippen molar-refractivity contribution >= 4 is 11.0 Å². The highest BCUT2D eigenvalue weighted by Gasteiger charge is 2.12. The molecule has 0 amide bonds. The molecule has 27 heavy (non-hydrogen) atoms. The highest BCUT2D eigenvalue weighted by atomic mass is 16.1. The summed E-state index contributed by atoms with van der Waals surface area (Å²) in [5.74, 6) is 0. The molecule has 0 unspecified atom stereocenters. The number of hydrogen-bond acceptors (Lipinski definition) is 2. The number of benzene rings is 2. The average molecular weight is 353 g/mol. The minimum Gasteiger partial charge on any atom is -0.341 e. The lowest BCUT2D eigenvalue weighted by Crippen LogP contribution is -2.16. The van der Waals surface area contributed by atoms with Crippen molar-refractivity contribution < 1.29 is 0 Å². The fraction of sp³-hybridized carbons (Fsp3) is 0.125. The molecule has 2 aromatic carbocycles. The van der Waals surface area contributed by atoms with E-state index in [2.05, 4.69) is 65.0 Å². The minimum absolute atomic E-state index is 0.0207. The monoisotopic (exact) mass is 353 g/mol. The molecular weight excluding hydrogens is 332 g/mol. The van der Waals surface area contributed by atoms with Gasteiger partial charge in [0.25, 0.3) is 0 Å². The predicted octanol–water partition coefficient (Wildman–Crippen LogP) is 4.80. The summed E-state index contributed by atoms with van der Waals surface area (Å²) in [6, 6.07) is 20.8. The van der Waals surface area contributed by atoms with Crippen molar-refractivity contribution in [2.75, 3.05) is 0 Å². The fourth-order valence-electron chi connectivity index (χ4n) is 3.47. The Morgan fingerprint density at radius 1 is 1.00 bits per heavy atom. The first-order chi connectivity index (χ1) is 13.2. The highest BCUT2D eigenvalue weighted by molar-refractivity contribution is 5.76. The summed E-state index contributed by atoms with van der Waals surface area (Å²) in [5.41, 5.74) is 6.66. The third-order valence-electron chi connectivity index (χ3n) is 4.84. The van der Waals surface area contributed by atoms with Crippen LogP contribution in [0.5, 0.6) is 0 Å². The van der Waals surface area contributed by atoms with Gasteiger partial charge >= 0.3 is 0 Å². The van der Waals surface area contributed by atoms with Crippen molar-refractivity contribution in [3.63, 3.8) is 0 Å². The van der Waals surface area contributed by atoms with Crippen LogP contribution in [0.15, 0.2) is 77.9 Å². The molecule has 2 aromatic heterocycles. The molecule has 0 aliphatic heterocycles. The number of pyridine rings is 2. The number of hydrogen-bond donors (Lipinski definition) is 0. The Morgan fingerprint density at radius 2 is 1.74 bits per heavy atom. The first-order valence-electron chi connectivity index (χ1n) is 9.08. The second kappa shape index (κ2) is 7.20. The van der Waals surface area contributed by atoms with Gasteiger partial charge in [-0.3, -0.25) is 9.78 Å². The lowest BCUT2D eigenvalue weighted by Gasteiger charge is -2.16. The van der Waals surface area contributed by atoms with Crippen LogP contribution < -0.4 is 5.43 Å². The van der Waals surface area contributed by atoms with Gasteiger partial charge in [0.2, 0.25) is 5.43 Å². The zero-order valence-electron chi connectivity index (χ0n) is 15.4. The van der Waals surface area contributed by atoms with E-state index in [0.717, 1.165) is 11.1 Å². The van der Waals surface area contributed by atoms with E-state index in [1.54, 1.807) is 6.20 Å². The molecule has 4 rings (SSSR count). The third-order valence-corrected chi connectivity index (χ3v) is 4.84. The molecule has 0 aliphatic carbocycles. The van der Waals surface area contributed by atoms with Crippen molar-refractivity contribution in [2.24, 2.45) is 0 Å². The van der Waals surface area contributed by atoms with Gasteiger partial charge in [-0.15, -0.1) is 0 Å². The van der Waals surface area contributed by atoms with Crippen LogP contribution in [0.25, 0.3) is 22.2 Å². The molecule has 0 atom stereocenters. The maximum Gasteiger partial charge on any atom is 0.210 e. The molecule has 4 aromatic rings. The van der Waals surface area contributed by atoms with E-state index < -0.39 is 0 Å². The van der Waals surface area contributed by atoms with Gasteiger partial charge in [-0.2, -0.15) is 0 Å². The molecule has 2 heterocycles. The van der Waals surface area contributed by atoms with E-state index >= 15 is 0 Å². The van der Waals surface area contributed by atoms with Crippen molar-refractivity contribution in [1.29, 1.82) is 0 Å². The Labute approximate surface area is 158 Å². The second-order valence-corrected chi connectivity index (χ2v) is 6.76. The van der Waals surface area contributed by atoms with Gasteiger partial charge in [0.15, 0.2) is 0 Å². The largest absolute Gasteiger partial charge is 0.341 e. The summed E-state index contributed by atoms with van der Waals surface area (Å²) in [4.78, 5) is 17.1. The lowest BCUT2D eigenvalue weighted by molar-refractivity contribution is 0.815. The van der Waals surface area contributed by atoms with Crippen LogP contribution in [0, 0.1) is 13.8 Å². The molecule has 1 radical (unpaired) electrons.